The number of aryl methyl sites for hydroxylation is 1. The first-order valence-corrected chi connectivity index (χ1v) is 6.26. The van der Waals surface area contributed by atoms with Crippen molar-refractivity contribution in [3.63, 3.8) is 0 Å². The van der Waals surface area contributed by atoms with Gasteiger partial charge in [0.05, 0.1) is 13.2 Å². The van der Waals surface area contributed by atoms with Crippen LogP contribution in [0.25, 0.3) is 0 Å². The Bertz CT molecular complexity index is 560. The van der Waals surface area contributed by atoms with Crippen molar-refractivity contribution >= 4 is 5.69 Å². The second kappa shape index (κ2) is 4.37. The third kappa shape index (κ3) is 1.94. The topological polar surface area (TPSA) is 21.3 Å². The molecule has 1 aliphatic rings. The molecule has 2 heteroatoms. The number of methoxy groups -OCH3 is 1. The summed E-state index contributed by atoms with van der Waals surface area (Å²) < 4.78 is 5.19. The standard InChI is InChI=1S/C16H17NO/c1-11-3-4-13-10-16(17-15(13)9-11)12-5-7-14(18-2)8-6-12/h3-9,16-17H,10H2,1-2H3. The van der Waals surface area contributed by atoms with Crippen molar-refractivity contribution < 1.29 is 4.74 Å². The number of rotatable bonds is 2. The van der Waals surface area contributed by atoms with Crippen molar-refractivity contribution in [3.05, 3.63) is 59.2 Å². The predicted octanol–water partition coefficient (Wildman–Crippen LogP) is 3.71. The van der Waals surface area contributed by atoms with Crippen LogP contribution in [0.1, 0.15) is 22.7 Å². The second-order valence-corrected chi connectivity index (χ2v) is 4.83. The number of hydrogen-bond donors (Lipinski definition) is 1. The molecule has 0 spiro atoms. The first-order valence-electron chi connectivity index (χ1n) is 6.26. The molecule has 0 fully saturated rings. The maximum absolute atomic E-state index is 5.19. The first kappa shape index (κ1) is 11.1. The largest absolute Gasteiger partial charge is 0.497 e. The van der Waals surface area contributed by atoms with Crippen LogP contribution in [0.2, 0.25) is 0 Å². The molecule has 1 unspecified atom stereocenters. The Labute approximate surface area is 108 Å². The number of fused-ring (bicyclic) bond motifs is 1. The summed E-state index contributed by atoms with van der Waals surface area (Å²) in [5, 5.41) is 3.59. The lowest BCUT2D eigenvalue weighted by Gasteiger charge is -2.12. The predicted molar refractivity (Wildman–Crippen MR) is 74.2 cm³/mol. The van der Waals surface area contributed by atoms with Gasteiger partial charge < -0.3 is 10.1 Å². The van der Waals surface area contributed by atoms with Crippen LogP contribution >= 0.6 is 0 Å². The SMILES string of the molecule is COc1ccc(C2Cc3ccc(C)cc3N2)cc1. The fraction of sp³-hybridized carbons (Fsp3) is 0.250. The molecule has 1 atom stereocenters. The zero-order valence-corrected chi connectivity index (χ0v) is 10.7. The van der Waals surface area contributed by atoms with Crippen molar-refractivity contribution in [2.24, 2.45) is 0 Å². The van der Waals surface area contributed by atoms with Crippen molar-refractivity contribution in [2.45, 2.75) is 19.4 Å². The van der Waals surface area contributed by atoms with E-state index in [-0.39, 0.29) is 0 Å². The second-order valence-electron chi connectivity index (χ2n) is 4.83. The zero-order chi connectivity index (χ0) is 12.5. The lowest BCUT2D eigenvalue weighted by molar-refractivity contribution is 0.414. The number of ether oxygens (including phenoxy) is 1. The van der Waals surface area contributed by atoms with Crippen LogP contribution in [-0.4, -0.2) is 7.11 Å². The van der Waals surface area contributed by atoms with Gasteiger partial charge in [0.15, 0.2) is 0 Å². The van der Waals surface area contributed by atoms with Crippen LogP contribution in [0.5, 0.6) is 5.75 Å². The summed E-state index contributed by atoms with van der Waals surface area (Å²) in [6, 6.07) is 15.3. The fourth-order valence-electron chi connectivity index (χ4n) is 2.50. The Kier molecular flexibility index (Phi) is 2.71. The molecular weight excluding hydrogens is 222 g/mol. The van der Waals surface area contributed by atoms with Gasteiger partial charge in [0, 0.05) is 5.69 Å². The molecule has 2 aromatic rings. The lowest BCUT2D eigenvalue weighted by atomic mass is 10.0. The number of hydrogen-bond acceptors (Lipinski definition) is 2. The van der Waals surface area contributed by atoms with E-state index in [1.165, 1.54) is 22.4 Å². The van der Waals surface area contributed by atoms with Crippen LogP contribution < -0.4 is 10.1 Å². The molecule has 0 saturated heterocycles. The van der Waals surface area contributed by atoms with Crippen LogP contribution in [0.3, 0.4) is 0 Å². The van der Waals surface area contributed by atoms with Gasteiger partial charge in [0.25, 0.3) is 0 Å². The van der Waals surface area contributed by atoms with Gasteiger partial charge in [-0.3, -0.25) is 0 Å². The number of benzene rings is 2. The van der Waals surface area contributed by atoms with Crippen molar-refractivity contribution in [1.82, 2.24) is 0 Å². The van der Waals surface area contributed by atoms with Gasteiger partial charge in [-0.05, 0) is 48.2 Å². The number of anilines is 1. The summed E-state index contributed by atoms with van der Waals surface area (Å²) in [5.41, 5.74) is 5.29. The lowest BCUT2D eigenvalue weighted by Crippen LogP contribution is -2.05. The Balaban J connectivity index is 1.84. The average Bonchev–Trinajstić information content (AvgIpc) is 2.81. The molecule has 0 radical (unpaired) electrons. The van der Waals surface area contributed by atoms with Gasteiger partial charge >= 0.3 is 0 Å². The van der Waals surface area contributed by atoms with Crippen molar-refractivity contribution in [3.8, 4) is 5.75 Å². The van der Waals surface area contributed by atoms with Crippen molar-refractivity contribution in [1.29, 1.82) is 0 Å². The van der Waals surface area contributed by atoms with Gasteiger partial charge in [-0.15, -0.1) is 0 Å². The van der Waals surface area contributed by atoms with Crippen LogP contribution in [0.4, 0.5) is 5.69 Å². The summed E-state index contributed by atoms with van der Waals surface area (Å²) in [4.78, 5) is 0. The highest BCUT2D eigenvalue weighted by Crippen LogP contribution is 2.35. The van der Waals surface area contributed by atoms with Gasteiger partial charge in [0.1, 0.15) is 5.75 Å². The summed E-state index contributed by atoms with van der Waals surface area (Å²) in [7, 11) is 1.70. The van der Waals surface area contributed by atoms with E-state index in [1.54, 1.807) is 7.11 Å². The molecular formula is C16H17NO. The van der Waals surface area contributed by atoms with E-state index >= 15 is 0 Å². The summed E-state index contributed by atoms with van der Waals surface area (Å²) in [6.45, 7) is 2.13. The molecule has 0 bridgehead atoms. The van der Waals surface area contributed by atoms with E-state index in [1.807, 2.05) is 12.1 Å². The Hall–Kier alpha value is -1.96. The van der Waals surface area contributed by atoms with E-state index < -0.39 is 0 Å². The van der Waals surface area contributed by atoms with E-state index in [2.05, 4.69) is 42.6 Å². The molecule has 2 aromatic carbocycles. The summed E-state index contributed by atoms with van der Waals surface area (Å²) >= 11 is 0. The van der Waals surface area contributed by atoms with E-state index in [0.717, 1.165) is 12.2 Å². The molecule has 0 aliphatic carbocycles. The van der Waals surface area contributed by atoms with Gasteiger partial charge in [-0.1, -0.05) is 24.3 Å². The molecule has 92 valence electrons. The van der Waals surface area contributed by atoms with Gasteiger partial charge in [-0.2, -0.15) is 0 Å². The summed E-state index contributed by atoms with van der Waals surface area (Å²) in [5.74, 6) is 0.908. The Morgan fingerprint density at radius 1 is 1.11 bits per heavy atom. The molecule has 2 nitrogen and oxygen atoms in total. The quantitative estimate of drug-likeness (QED) is 0.862. The Morgan fingerprint density at radius 3 is 2.61 bits per heavy atom. The molecule has 1 aliphatic heterocycles. The van der Waals surface area contributed by atoms with Gasteiger partial charge in [0.2, 0.25) is 0 Å². The van der Waals surface area contributed by atoms with E-state index in [4.69, 9.17) is 4.74 Å². The molecule has 18 heavy (non-hydrogen) atoms. The molecule has 0 aromatic heterocycles. The normalized spacial score (nSPS) is 17.1. The number of nitrogens with one attached hydrogen (secondary N) is 1. The molecule has 1 heterocycles. The Morgan fingerprint density at radius 2 is 1.89 bits per heavy atom. The smallest absolute Gasteiger partial charge is 0.118 e. The minimum Gasteiger partial charge on any atom is -0.497 e. The maximum atomic E-state index is 5.19. The monoisotopic (exact) mass is 239 g/mol. The fourth-order valence-corrected chi connectivity index (χ4v) is 2.50. The van der Waals surface area contributed by atoms with E-state index in [9.17, 15) is 0 Å². The highest BCUT2D eigenvalue weighted by atomic mass is 16.5. The average molecular weight is 239 g/mol. The molecule has 3 rings (SSSR count). The summed E-state index contributed by atoms with van der Waals surface area (Å²) in [6.07, 6.45) is 1.06. The molecule has 1 N–H and O–H groups in total. The van der Waals surface area contributed by atoms with Gasteiger partial charge in [-0.25, -0.2) is 0 Å². The van der Waals surface area contributed by atoms with Crippen molar-refractivity contribution in [2.75, 3.05) is 12.4 Å². The molecule has 0 amide bonds. The van der Waals surface area contributed by atoms with Crippen LogP contribution in [0.15, 0.2) is 42.5 Å². The third-order valence-corrected chi connectivity index (χ3v) is 3.54. The van der Waals surface area contributed by atoms with Crippen LogP contribution in [-0.2, 0) is 6.42 Å². The highest BCUT2D eigenvalue weighted by Gasteiger charge is 2.21. The minimum absolute atomic E-state index is 0.382. The van der Waals surface area contributed by atoms with E-state index in [0.29, 0.717) is 6.04 Å². The molecule has 0 saturated carbocycles. The van der Waals surface area contributed by atoms with Crippen LogP contribution in [0, 0.1) is 6.92 Å². The third-order valence-electron chi connectivity index (χ3n) is 3.54. The highest BCUT2D eigenvalue weighted by molar-refractivity contribution is 5.59. The zero-order valence-electron chi connectivity index (χ0n) is 10.7. The first-order chi connectivity index (χ1) is 8.76. The maximum Gasteiger partial charge on any atom is 0.118 e. The minimum atomic E-state index is 0.382.